The smallest absolute Gasteiger partial charge is 0.220 e. The number of nitrogens with one attached hydrogen (secondary N) is 1. The summed E-state index contributed by atoms with van der Waals surface area (Å²) in [6.45, 7) is 6.50. The highest BCUT2D eigenvalue weighted by Gasteiger charge is 1.98. The fraction of sp³-hybridized carbons (Fsp3) is 0.727. The fourth-order valence-corrected chi connectivity index (χ4v) is 1.11. The van der Waals surface area contributed by atoms with Crippen LogP contribution in [-0.4, -0.2) is 12.5 Å². The first-order chi connectivity index (χ1) is 6.31. The van der Waals surface area contributed by atoms with Gasteiger partial charge in [-0.25, -0.2) is 0 Å². The van der Waals surface area contributed by atoms with Gasteiger partial charge >= 0.3 is 0 Å². The minimum absolute atomic E-state index is 0.179. The van der Waals surface area contributed by atoms with Crippen molar-refractivity contribution >= 4 is 5.91 Å². The Morgan fingerprint density at radius 1 is 1.38 bits per heavy atom. The van der Waals surface area contributed by atoms with Crippen LogP contribution >= 0.6 is 0 Å². The van der Waals surface area contributed by atoms with E-state index in [4.69, 9.17) is 0 Å². The molecule has 0 aromatic heterocycles. The zero-order chi connectivity index (χ0) is 9.94. The Morgan fingerprint density at radius 3 is 2.77 bits per heavy atom. The van der Waals surface area contributed by atoms with Crippen LogP contribution in [0.15, 0.2) is 12.7 Å². The van der Waals surface area contributed by atoms with Crippen LogP contribution in [0.1, 0.15) is 45.4 Å². The van der Waals surface area contributed by atoms with Gasteiger partial charge in [-0.2, -0.15) is 0 Å². The van der Waals surface area contributed by atoms with E-state index < -0.39 is 0 Å². The van der Waals surface area contributed by atoms with Gasteiger partial charge in [-0.1, -0.05) is 32.3 Å². The molecule has 0 saturated carbocycles. The molecule has 0 spiro atoms. The normalized spacial score (nSPS) is 9.62. The summed E-state index contributed by atoms with van der Waals surface area (Å²) in [5.41, 5.74) is 0. The summed E-state index contributed by atoms with van der Waals surface area (Å²) in [7, 11) is 0. The van der Waals surface area contributed by atoms with Crippen molar-refractivity contribution in [3.8, 4) is 0 Å². The van der Waals surface area contributed by atoms with Crippen LogP contribution in [0.3, 0.4) is 0 Å². The number of unbranched alkanes of at least 4 members (excludes halogenated alkanes) is 3. The largest absolute Gasteiger partial charge is 0.356 e. The van der Waals surface area contributed by atoms with Crippen LogP contribution < -0.4 is 5.32 Å². The molecule has 0 heterocycles. The van der Waals surface area contributed by atoms with E-state index in [0.717, 1.165) is 19.4 Å². The quantitative estimate of drug-likeness (QED) is 0.455. The van der Waals surface area contributed by atoms with E-state index in [9.17, 15) is 4.79 Å². The van der Waals surface area contributed by atoms with Crippen LogP contribution in [0.4, 0.5) is 0 Å². The van der Waals surface area contributed by atoms with Crippen molar-refractivity contribution in [2.75, 3.05) is 6.54 Å². The molecule has 1 N–H and O–H groups in total. The summed E-state index contributed by atoms with van der Waals surface area (Å²) in [4.78, 5) is 11.1. The van der Waals surface area contributed by atoms with Gasteiger partial charge in [0.1, 0.15) is 0 Å². The second-order valence-corrected chi connectivity index (χ2v) is 3.24. The highest BCUT2D eigenvalue weighted by atomic mass is 16.1. The third kappa shape index (κ3) is 9.12. The number of hydrogen-bond acceptors (Lipinski definition) is 1. The molecule has 0 rings (SSSR count). The molecule has 0 atom stereocenters. The Labute approximate surface area is 81.4 Å². The third-order valence-corrected chi connectivity index (χ3v) is 1.93. The van der Waals surface area contributed by atoms with E-state index in [2.05, 4.69) is 18.8 Å². The Morgan fingerprint density at radius 2 is 2.15 bits per heavy atom. The van der Waals surface area contributed by atoms with Gasteiger partial charge in [-0.15, -0.1) is 6.58 Å². The lowest BCUT2D eigenvalue weighted by Crippen LogP contribution is -2.23. The molecule has 0 aliphatic rings. The number of carbonyl (C=O) groups excluding carboxylic acids is 1. The maximum atomic E-state index is 11.1. The maximum Gasteiger partial charge on any atom is 0.220 e. The number of rotatable bonds is 8. The van der Waals surface area contributed by atoms with Gasteiger partial charge in [0.25, 0.3) is 0 Å². The maximum absolute atomic E-state index is 11.1. The average Bonchev–Trinajstić information content (AvgIpc) is 2.13. The monoisotopic (exact) mass is 183 g/mol. The van der Waals surface area contributed by atoms with E-state index in [1.807, 2.05) is 6.08 Å². The molecule has 0 aromatic rings. The van der Waals surface area contributed by atoms with E-state index in [1.165, 1.54) is 19.3 Å². The molecule has 2 heteroatoms. The van der Waals surface area contributed by atoms with Crippen molar-refractivity contribution in [2.45, 2.75) is 45.4 Å². The molecule has 1 amide bonds. The predicted octanol–water partition coefficient (Wildman–Crippen LogP) is 2.65. The summed E-state index contributed by atoms with van der Waals surface area (Å²) in [5.74, 6) is 0.179. The topological polar surface area (TPSA) is 29.1 Å². The number of carbonyl (C=O) groups is 1. The number of amides is 1. The summed E-state index contributed by atoms with van der Waals surface area (Å²) in [5, 5.41) is 2.85. The molecule has 0 aliphatic heterocycles. The van der Waals surface area contributed by atoms with E-state index in [-0.39, 0.29) is 5.91 Å². The molecule has 0 aliphatic carbocycles. The van der Waals surface area contributed by atoms with Crippen LogP contribution in [0, 0.1) is 0 Å². The molecule has 0 radical (unpaired) electrons. The van der Waals surface area contributed by atoms with Crippen LogP contribution in [-0.2, 0) is 4.79 Å². The van der Waals surface area contributed by atoms with Gasteiger partial charge in [0.05, 0.1) is 0 Å². The van der Waals surface area contributed by atoms with Crippen LogP contribution in [0.2, 0.25) is 0 Å². The molecular weight excluding hydrogens is 162 g/mol. The van der Waals surface area contributed by atoms with Crippen molar-refractivity contribution in [3.63, 3.8) is 0 Å². The standard InChI is InChI=1S/C11H21NO/c1-3-5-7-8-9-11(13)12-10-6-4-2/h4H,2-3,5-10H2,1H3,(H,12,13). The average molecular weight is 183 g/mol. The molecule has 76 valence electrons. The lowest BCUT2D eigenvalue weighted by molar-refractivity contribution is -0.121. The second kappa shape index (κ2) is 9.30. The Bertz CT molecular complexity index is 143. The first-order valence-electron chi connectivity index (χ1n) is 5.18. The molecule has 0 bridgehead atoms. The first-order valence-corrected chi connectivity index (χ1v) is 5.18. The van der Waals surface area contributed by atoms with Crippen molar-refractivity contribution in [3.05, 3.63) is 12.7 Å². The Hall–Kier alpha value is -0.790. The van der Waals surface area contributed by atoms with Crippen LogP contribution in [0.25, 0.3) is 0 Å². The highest BCUT2D eigenvalue weighted by Crippen LogP contribution is 2.01. The third-order valence-electron chi connectivity index (χ3n) is 1.93. The van der Waals surface area contributed by atoms with E-state index in [1.54, 1.807) is 0 Å². The van der Waals surface area contributed by atoms with E-state index in [0.29, 0.717) is 6.42 Å². The van der Waals surface area contributed by atoms with Crippen molar-refractivity contribution in [1.29, 1.82) is 0 Å². The molecule has 0 aromatic carbocycles. The lowest BCUT2D eigenvalue weighted by Gasteiger charge is -2.02. The van der Waals surface area contributed by atoms with Crippen molar-refractivity contribution in [1.82, 2.24) is 5.32 Å². The second-order valence-electron chi connectivity index (χ2n) is 3.24. The highest BCUT2D eigenvalue weighted by molar-refractivity contribution is 5.75. The molecule has 2 nitrogen and oxygen atoms in total. The zero-order valence-electron chi connectivity index (χ0n) is 8.64. The first kappa shape index (κ1) is 12.2. The van der Waals surface area contributed by atoms with Crippen molar-refractivity contribution in [2.24, 2.45) is 0 Å². The minimum Gasteiger partial charge on any atom is -0.356 e. The van der Waals surface area contributed by atoms with Gasteiger partial charge < -0.3 is 5.32 Å². The summed E-state index contributed by atoms with van der Waals surface area (Å²) in [6.07, 6.45) is 8.01. The van der Waals surface area contributed by atoms with Gasteiger partial charge in [-0.3, -0.25) is 4.79 Å². The fourth-order valence-electron chi connectivity index (χ4n) is 1.11. The zero-order valence-corrected chi connectivity index (χ0v) is 8.64. The lowest BCUT2D eigenvalue weighted by atomic mass is 10.1. The summed E-state index contributed by atoms with van der Waals surface area (Å²) in [6, 6.07) is 0. The predicted molar refractivity (Wildman–Crippen MR) is 56.6 cm³/mol. The number of hydrogen-bond donors (Lipinski definition) is 1. The molecule has 0 unspecified atom stereocenters. The van der Waals surface area contributed by atoms with Gasteiger partial charge in [0, 0.05) is 13.0 Å². The van der Waals surface area contributed by atoms with Crippen molar-refractivity contribution < 1.29 is 4.79 Å². The molecular formula is C11H21NO. The van der Waals surface area contributed by atoms with Gasteiger partial charge in [-0.05, 0) is 12.8 Å². The minimum atomic E-state index is 0.179. The van der Waals surface area contributed by atoms with Gasteiger partial charge in [0.15, 0.2) is 0 Å². The van der Waals surface area contributed by atoms with Gasteiger partial charge in [0.2, 0.25) is 5.91 Å². The Kier molecular flexibility index (Phi) is 8.73. The molecule has 0 saturated heterocycles. The molecule has 13 heavy (non-hydrogen) atoms. The molecule has 0 fully saturated rings. The summed E-state index contributed by atoms with van der Waals surface area (Å²) < 4.78 is 0. The SMILES string of the molecule is C=CCCNC(=O)CCCCCC. The van der Waals surface area contributed by atoms with Crippen LogP contribution in [0.5, 0.6) is 0 Å². The Balaban J connectivity index is 3.15. The summed E-state index contributed by atoms with van der Waals surface area (Å²) >= 11 is 0. The van der Waals surface area contributed by atoms with E-state index >= 15 is 0 Å².